The van der Waals surface area contributed by atoms with E-state index in [0.717, 1.165) is 5.56 Å². The van der Waals surface area contributed by atoms with E-state index in [2.05, 4.69) is 26.1 Å². The van der Waals surface area contributed by atoms with Crippen molar-refractivity contribution in [3.05, 3.63) is 71.3 Å². The molecule has 0 unspecified atom stereocenters. The van der Waals surface area contributed by atoms with E-state index in [-0.39, 0.29) is 61.1 Å². The van der Waals surface area contributed by atoms with Gasteiger partial charge in [-0.25, -0.2) is 4.98 Å². The summed E-state index contributed by atoms with van der Waals surface area (Å²) in [6.45, 7) is 8.25. The van der Waals surface area contributed by atoms with Crippen LogP contribution in [0.4, 0.5) is 0 Å². The molecule has 2 atom stereocenters. The molecule has 1 aromatic carbocycles. The molecule has 12 nitrogen and oxygen atoms in total. The molecule has 12 heteroatoms. The van der Waals surface area contributed by atoms with Crippen LogP contribution in [0.3, 0.4) is 0 Å². The molecule has 0 fully saturated rings. The third kappa shape index (κ3) is 8.27. The minimum atomic E-state index is -0.915. The molecule has 0 spiro atoms. The molecule has 4 amide bonds. The van der Waals surface area contributed by atoms with Gasteiger partial charge in [0.1, 0.15) is 18.3 Å². The smallest absolute Gasteiger partial charge is 0.274 e. The number of aromatic nitrogens is 2. The molecule has 3 N–H and O–H groups in total. The van der Waals surface area contributed by atoms with Crippen molar-refractivity contribution >= 4 is 23.6 Å². The Hall–Kier alpha value is -4.48. The summed E-state index contributed by atoms with van der Waals surface area (Å²) in [7, 11) is 0. The summed E-state index contributed by atoms with van der Waals surface area (Å²) in [5.41, 5.74) is 0.877. The van der Waals surface area contributed by atoms with Crippen LogP contribution in [0.1, 0.15) is 84.8 Å². The normalized spacial score (nSPS) is 18.7. The highest BCUT2D eigenvalue weighted by molar-refractivity contribution is 5.96. The second kappa shape index (κ2) is 13.9. The third-order valence-corrected chi connectivity index (χ3v) is 6.72. The summed E-state index contributed by atoms with van der Waals surface area (Å²) in [5, 5.41) is 12.4. The molecule has 0 saturated heterocycles. The van der Waals surface area contributed by atoms with Crippen LogP contribution in [0.25, 0.3) is 0 Å². The van der Waals surface area contributed by atoms with E-state index in [1.165, 1.54) is 12.3 Å². The third-order valence-electron chi connectivity index (χ3n) is 6.72. The standard InChI is InChI=1S/C30H38N6O6/c1-18(2)12-24-30-34-25(17-41-30)29(40)32-22(14-20-8-6-5-7-9-20)27(38)31-10-11-36(26(37)13-19(3)4)16-21-15-23(35-42-21)28(39)33-24/h5-9,15,17-19,22,24H,10-14,16H2,1-4H3,(H,31,38)(H,32,40)(H,33,39)/t22-,24+/m0/s1. The number of benzene rings is 1. The second-order valence-corrected chi connectivity index (χ2v) is 11.3. The van der Waals surface area contributed by atoms with Gasteiger partial charge >= 0.3 is 0 Å². The Balaban J connectivity index is 1.66. The molecule has 3 heterocycles. The summed E-state index contributed by atoms with van der Waals surface area (Å²) < 4.78 is 11.0. The van der Waals surface area contributed by atoms with E-state index in [4.69, 9.17) is 8.94 Å². The lowest BCUT2D eigenvalue weighted by molar-refractivity contribution is -0.133. The predicted molar refractivity (Wildman–Crippen MR) is 152 cm³/mol. The van der Waals surface area contributed by atoms with Crippen LogP contribution in [-0.4, -0.2) is 57.8 Å². The quantitative estimate of drug-likeness (QED) is 0.402. The van der Waals surface area contributed by atoms with Crippen molar-refractivity contribution in [2.75, 3.05) is 13.1 Å². The van der Waals surface area contributed by atoms with Crippen molar-refractivity contribution in [3.8, 4) is 0 Å². The number of oxazole rings is 1. The Morgan fingerprint density at radius 1 is 1.00 bits per heavy atom. The van der Waals surface area contributed by atoms with Crippen LogP contribution >= 0.6 is 0 Å². The summed E-state index contributed by atoms with van der Waals surface area (Å²) in [6.07, 6.45) is 2.24. The molecule has 42 heavy (non-hydrogen) atoms. The summed E-state index contributed by atoms with van der Waals surface area (Å²) in [6, 6.07) is 9.26. The van der Waals surface area contributed by atoms with Gasteiger partial charge in [0.2, 0.25) is 17.7 Å². The molecule has 4 bridgehead atoms. The number of carbonyl (C=O) groups excluding carboxylic acids is 4. The highest BCUT2D eigenvalue weighted by Crippen LogP contribution is 2.22. The van der Waals surface area contributed by atoms with Crippen LogP contribution in [-0.2, 0) is 22.6 Å². The Bertz CT molecular complexity index is 1380. The van der Waals surface area contributed by atoms with Crippen molar-refractivity contribution in [2.45, 2.75) is 65.6 Å². The fourth-order valence-electron chi connectivity index (χ4n) is 4.66. The molecule has 1 aliphatic heterocycles. The van der Waals surface area contributed by atoms with Gasteiger partial charge in [-0.2, -0.15) is 0 Å². The van der Waals surface area contributed by atoms with Gasteiger partial charge in [-0.1, -0.05) is 63.2 Å². The number of amides is 4. The molecular formula is C30H38N6O6. The molecule has 224 valence electrons. The van der Waals surface area contributed by atoms with Crippen LogP contribution < -0.4 is 16.0 Å². The van der Waals surface area contributed by atoms with Crippen molar-refractivity contribution in [1.82, 2.24) is 31.0 Å². The van der Waals surface area contributed by atoms with Crippen molar-refractivity contribution in [1.29, 1.82) is 0 Å². The van der Waals surface area contributed by atoms with Crippen LogP contribution in [0.15, 0.2) is 51.6 Å². The van der Waals surface area contributed by atoms with E-state index in [1.807, 2.05) is 58.0 Å². The van der Waals surface area contributed by atoms with E-state index in [0.29, 0.717) is 18.6 Å². The van der Waals surface area contributed by atoms with E-state index >= 15 is 0 Å². The molecule has 4 rings (SSSR count). The summed E-state index contributed by atoms with van der Waals surface area (Å²) in [5.74, 6) is -0.859. The van der Waals surface area contributed by atoms with Gasteiger partial charge in [-0.15, -0.1) is 0 Å². The lowest BCUT2D eigenvalue weighted by Crippen LogP contribution is -2.49. The van der Waals surface area contributed by atoms with E-state index in [9.17, 15) is 19.2 Å². The molecule has 3 aromatic rings. The average molecular weight is 579 g/mol. The maximum absolute atomic E-state index is 13.3. The summed E-state index contributed by atoms with van der Waals surface area (Å²) in [4.78, 5) is 58.6. The number of nitrogens with one attached hydrogen (secondary N) is 3. The monoisotopic (exact) mass is 578 g/mol. The van der Waals surface area contributed by atoms with Crippen molar-refractivity contribution in [3.63, 3.8) is 0 Å². The molecule has 0 saturated carbocycles. The zero-order valence-electron chi connectivity index (χ0n) is 24.4. The van der Waals surface area contributed by atoms with Crippen molar-refractivity contribution in [2.24, 2.45) is 11.8 Å². The molecule has 2 aromatic heterocycles. The van der Waals surface area contributed by atoms with Gasteiger partial charge < -0.3 is 29.8 Å². The zero-order valence-corrected chi connectivity index (χ0v) is 24.4. The first-order chi connectivity index (χ1) is 20.1. The Morgan fingerprint density at radius 2 is 1.71 bits per heavy atom. The van der Waals surface area contributed by atoms with Gasteiger partial charge in [0.15, 0.2) is 17.1 Å². The zero-order chi connectivity index (χ0) is 30.2. The Labute approximate surface area is 244 Å². The molecular weight excluding hydrogens is 540 g/mol. The van der Waals surface area contributed by atoms with Gasteiger partial charge in [0.05, 0.1) is 6.54 Å². The molecule has 0 aliphatic carbocycles. The van der Waals surface area contributed by atoms with Gasteiger partial charge in [-0.3, -0.25) is 19.2 Å². The maximum Gasteiger partial charge on any atom is 0.274 e. The predicted octanol–water partition coefficient (Wildman–Crippen LogP) is 3.03. The molecule has 1 aliphatic rings. The Kier molecular flexibility index (Phi) is 10.1. The summed E-state index contributed by atoms with van der Waals surface area (Å²) >= 11 is 0. The number of nitrogens with zero attached hydrogens (tertiary/aromatic N) is 3. The van der Waals surface area contributed by atoms with Crippen LogP contribution in [0.5, 0.6) is 0 Å². The van der Waals surface area contributed by atoms with Gasteiger partial charge in [0.25, 0.3) is 11.8 Å². The van der Waals surface area contributed by atoms with Crippen molar-refractivity contribution < 1.29 is 28.1 Å². The Morgan fingerprint density at radius 3 is 2.43 bits per heavy atom. The SMILES string of the molecule is CC(C)CC(=O)N1CCNC(=O)[C@H](Cc2ccccc2)NC(=O)c2coc(n2)[C@@H](CC(C)C)NC(=O)c2cc(on2)C1. The lowest BCUT2D eigenvalue weighted by Gasteiger charge is -2.24. The average Bonchev–Trinajstić information content (AvgIpc) is 3.62. The fourth-order valence-corrected chi connectivity index (χ4v) is 4.66. The number of fused-ring (bicyclic) bond motifs is 4. The second-order valence-electron chi connectivity index (χ2n) is 11.3. The number of hydrogen-bond acceptors (Lipinski definition) is 8. The maximum atomic E-state index is 13.3. The van der Waals surface area contributed by atoms with E-state index < -0.39 is 29.8 Å². The molecule has 0 radical (unpaired) electrons. The first-order valence-corrected chi connectivity index (χ1v) is 14.2. The number of hydrogen-bond donors (Lipinski definition) is 3. The minimum Gasteiger partial charge on any atom is -0.446 e. The minimum absolute atomic E-state index is 0.0193. The number of carbonyl (C=O) groups is 4. The lowest BCUT2D eigenvalue weighted by atomic mass is 10.0. The van der Waals surface area contributed by atoms with Gasteiger partial charge in [-0.05, 0) is 23.8 Å². The van der Waals surface area contributed by atoms with Gasteiger partial charge in [0, 0.05) is 32.0 Å². The fraction of sp³-hybridized carbons (Fsp3) is 0.467. The highest BCUT2D eigenvalue weighted by Gasteiger charge is 2.28. The van der Waals surface area contributed by atoms with E-state index in [1.54, 1.807) is 4.90 Å². The highest BCUT2D eigenvalue weighted by atomic mass is 16.5. The topological polar surface area (TPSA) is 160 Å². The largest absolute Gasteiger partial charge is 0.446 e. The first kappa shape index (κ1) is 30.5. The van der Waals surface area contributed by atoms with Crippen LogP contribution in [0, 0.1) is 11.8 Å². The first-order valence-electron chi connectivity index (χ1n) is 14.2. The number of rotatable bonds is 6. The van der Waals surface area contributed by atoms with Crippen LogP contribution in [0.2, 0.25) is 0 Å².